The highest BCUT2D eigenvalue weighted by Crippen LogP contribution is 2.35. The van der Waals surface area contributed by atoms with E-state index in [-0.39, 0.29) is 15.9 Å². The van der Waals surface area contributed by atoms with Crippen molar-refractivity contribution in [2.75, 3.05) is 36.4 Å². The number of carbonyl (C=O) groups excluding carboxylic acids is 1. The van der Waals surface area contributed by atoms with Crippen molar-refractivity contribution >= 4 is 56.2 Å². The van der Waals surface area contributed by atoms with Crippen LogP contribution in [0, 0.1) is 6.92 Å². The summed E-state index contributed by atoms with van der Waals surface area (Å²) >= 11 is 12.0. The Labute approximate surface area is 234 Å². The number of hydrogen-bond acceptors (Lipinski definition) is 5. The number of aryl methyl sites for hydroxylation is 1. The minimum atomic E-state index is -3.58. The molecule has 0 saturated carbocycles. The molecule has 3 aromatic rings. The normalized spacial score (nSPS) is 14.4. The quantitative estimate of drug-likeness (QED) is 0.386. The summed E-state index contributed by atoms with van der Waals surface area (Å²) in [7, 11) is -3.58. The molecule has 2 N–H and O–H groups in total. The number of carbonyl (C=O) groups is 1. The Kier molecular flexibility index (Phi) is 8.72. The Hall–Kier alpha value is -2.98. The van der Waals surface area contributed by atoms with Crippen LogP contribution < -0.4 is 15.5 Å². The molecule has 1 heterocycles. The summed E-state index contributed by atoms with van der Waals surface area (Å²) in [6, 6.07) is 19.7. The van der Waals surface area contributed by atoms with Gasteiger partial charge in [-0.2, -0.15) is 4.31 Å². The van der Waals surface area contributed by atoms with E-state index in [1.165, 1.54) is 4.31 Å². The number of hydrogen-bond donors (Lipinski definition) is 2. The molecular formula is C28H31ClN4O3S2. The molecule has 200 valence electrons. The highest BCUT2D eigenvalue weighted by atomic mass is 35.5. The third-order valence-electron chi connectivity index (χ3n) is 6.52. The van der Waals surface area contributed by atoms with Gasteiger partial charge in [0.15, 0.2) is 5.11 Å². The van der Waals surface area contributed by atoms with Crippen LogP contribution >= 0.6 is 23.8 Å². The second-order valence-electron chi connectivity index (χ2n) is 9.53. The molecule has 0 unspecified atom stereocenters. The molecule has 1 aliphatic rings. The zero-order valence-corrected chi connectivity index (χ0v) is 24.0. The van der Waals surface area contributed by atoms with Gasteiger partial charge in [-0.3, -0.25) is 10.1 Å². The Morgan fingerprint density at radius 2 is 1.58 bits per heavy atom. The van der Waals surface area contributed by atoms with Gasteiger partial charge in [0.05, 0.1) is 21.3 Å². The maximum absolute atomic E-state index is 13.1. The van der Waals surface area contributed by atoms with E-state index in [9.17, 15) is 13.2 Å². The number of para-hydroxylation sites is 1. The predicted octanol–water partition coefficient (Wildman–Crippen LogP) is 5.41. The Balaban J connectivity index is 1.43. The van der Waals surface area contributed by atoms with Gasteiger partial charge in [-0.1, -0.05) is 61.3 Å². The minimum absolute atomic E-state index is 0.145. The first-order valence-electron chi connectivity index (χ1n) is 12.4. The monoisotopic (exact) mass is 570 g/mol. The highest BCUT2D eigenvalue weighted by Gasteiger charge is 2.30. The molecule has 0 atom stereocenters. The molecule has 38 heavy (non-hydrogen) atoms. The molecule has 1 fully saturated rings. The smallest absolute Gasteiger partial charge is 0.257 e. The van der Waals surface area contributed by atoms with E-state index in [1.807, 2.05) is 30.0 Å². The van der Waals surface area contributed by atoms with Crippen LogP contribution in [0.1, 0.15) is 41.3 Å². The van der Waals surface area contributed by atoms with Gasteiger partial charge in [-0.15, -0.1) is 0 Å². The van der Waals surface area contributed by atoms with Crippen molar-refractivity contribution in [3.63, 3.8) is 0 Å². The molecule has 0 spiro atoms. The first-order valence-corrected chi connectivity index (χ1v) is 14.6. The van der Waals surface area contributed by atoms with Crippen LogP contribution in [0.25, 0.3) is 0 Å². The summed E-state index contributed by atoms with van der Waals surface area (Å²) in [5, 5.41) is 6.47. The number of nitrogens with one attached hydrogen (secondary N) is 2. The minimum Gasteiger partial charge on any atom is -0.366 e. The topological polar surface area (TPSA) is 81.8 Å². The number of rotatable bonds is 6. The van der Waals surface area contributed by atoms with Gasteiger partial charge in [0.25, 0.3) is 5.91 Å². The van der Waals surface area contributed by atoms with Crippen LogP contribution in [0.15, 0.2) is 71.6 Å². The van der Waals surface area contributed by atoms with Crippen molar-refractivity contribution in [1.29, 1.82) is 0 Å². The average molecular weight is 571 g/mol. The molecule has 1 amide bonds. The van der Waals surface area contributed by atoms with E-state index in [0.29, 0.717) is 54.1 Å². The molecule has 3 aromatic carbocycles. The highest BCUT2D eigenvalue weighted by molar-refractivity contribution is 7.89. The SMILES string of the molecule is Cc1ccc(S(=O)(=O)N2CCN(c3c(Cl)cccc3NC(=S)NC(=O)c3ccc(C(C)C)cc3)CC2)cc1. The summed E-state index contributed by atoms with van der Waals surface area (Å²) in [5.41, 5.74) is 4.01. The second-order valence-corrected chi connectivity index (χ2v) is 12.3. The number of piperazine rings is 1. The van der Waals surface area contributed by atoms with Gasteiger partial charge in [0.1, 0.15) is 0 Å². The number of halogens is 1. The summed E-state index contributed by atoms with van der Waals surface area (Å²) < 4.78 is 27.7. The fourth-order valence-electron chi connectivity index (χ4n) is 4.30. The maximum Gasteiger partial charge on any atom is 0.257 e. The van der Waals surface area contributed by atoms with Gasteiger partial charge in [0.2, 0.25) is 10.0 Å². The fraction of sp³-hybridized carbons (Fsp3) is 0.286. The van der Waals surface area contributed by atoms with E-state index in [2.05, 4.69) is 24.5 Å². The molecule has 1 aliphatic heterocycles. The molecule has 4 rings (SSSR count). The van der Waals surface area contributed by atoms with Gasteiger partial charge >= 0.3 is 0 Å². The zero-order chi connectivity index (χ0) is 27.4. The largest absolute Gasteiger partial charge is 0.366 e. The molecule has 0 aliphatic carbocycles. The molecule has 0 radical (unpaired) electrons. The predicted molar refractivity (Wildman–Crippen MR) is 158 cm³/mol. The summed E-state index contributed by atoms with van der Waals surface area (Å²) in [6.07, 6.45) is 0. The van der Waals surface area contributed by atoms with Crippen molar-refractivity contribution in [3.05, 3.63) is 88.4 Å². The van der Waals surface area contributed by atoms with Crippen LogP contribution in [0.2, 0.25) is 5.02 Å². The van der Waals surface area contributed by atoms with Crippen LogP contribution in [0.5, 0.6) is 0 Å². The molecule has 0 aromatic heterocycles. The standard InChI is InChI=1S/C28H31ClN4O3S2/c1-19(2)21-9-11-22(12-10-21)27(34)31-28(37)30-25-6-4-5-24(29)26(25)32-15-17-33(18-16-32)38(35,36)23-13-7-20(3)8-14-23/h4-14,19H,15-18H2,1-3H3,(H2,30,31,34,37). The average Bonchev–Trinajstić information content (AvgIpc) is 2.89. The maximum atomic E-state index is 13.1. The number of anilines is 2. The van der Waals surface area contributed by atoms with Crippen LogP contribution in [0.3, 0.4) is 0 Å². The summed E-state index contributed by atoms with van der Waals surface area (Å²) in [4.78, 5) is 15.0. The van der Waals surface area contributed by atoms with Crippen LogP contribution in [-0.2, 0) is 10.0 Å². The van der Waals surface area contributed by atoms with Crippen molar-refractivity contribution in [2.45, 2.75) is 31.6 Å². The third kappa shape index (κ3) is 6.35. The molecular weight excluding hydrogens is 540 g/mol. The van der Waals surface area contributed by atoms with Crippen LogP contribution in [0.4, 0.5) is 11.4 Å². The lowest BCUT2D eigenvalue weighted by atomic mass is 10.0. The molecule has 7 nitrogen and oxygen atoms in total. The lowest BCUT2D eigenvalue weighted by Crippen LogP contribution is -2.49. The van der Waals surface area contributed by atoms with Crippen molar-refractivity contribution < 1.29 is 13.2 Å². The first-order chi connectivity index (χ1) is 18.1. The summed E-state index contributed by atoms with van der Waals surface area (Å²) in [6.45, 7) is 7.64. The van der Waals surface area contributed by atoms with Gasteiger partial charge in [-0.25, -0.2) is 8.42 Å². The fourth-order valence-corrected chi connectivity index (χ4v) is 6.22. The molecule has 0 bridgehead atoms. The van der Waals surface area contributed by atoms with Crippen molar-refractivity contribution in [1.82, 2.24) is 9.62 Å². The Morgan fingerprint density at radius 3 is 2.18 bits per heavy atom. The van der Waals surface area contributed by atoms with Gasteiger partial charge in [-0.05, 0) is 67.0 Å². The zero-order valence-electron chi connectivity index (χ0n) is 21.6. The Morgan fingerprint density at radius 1 is 0.947 bits per heavy atom. The van der Waals surface area contributed by atoms with E-state index >= 15 is 0 Å². The van der Waals surface area contributed by atoms with Gasteiger partial charge < -0.3 is 10.2 Å². The lowest BCUT2D eigenvalue weighted by Gasteiger charge is -2.36. The number of benzene rings is 3. The van der Waals surface area contributed by atoms with E-state index in [4.69, 9.17) is 23.8 Å². The lowest BCUT2D eigenvalue weighted by molar-refractivity contribution is 0.0977. The van der Waals surface area contributed by atoms with Crippen molar-refractivity contribution in [2.24, 2.45) is 0 Å². The van der Waals surface area contributed by atoms with Gasteiger partial charge in [0, 0.05) is 31.7 Å². The number of thiocarbonyl (C=S) groups is 1. The molecule has 1 saturated heterocycles. The number of sulfonamides is 1. The first kappa shape index (κ1) is 28.0. The number of nitrogens with zero attached hydrogens (tertiary/aromatic N) is 2. The van der Waals surface area contributed by atoms with Crippen molar-refractivity contribution in [3.8, 4) is 0 Å². The second kappa shape index (κ2) is 11.8. The Bertz CT molecular complexity index is 1420. The van der Waals surface area contributed by atoms with E-state index in [1.54, 1.807) is 48.5 Å². The molecule has 10 heteroatoms. The third-order valence-corrected chi connectivity index (χ3v) is 8.94. The summed E-state index contributed by atoms with van der Waals surface area (Å²) in [5.74, 6) is 0.0667. The van der Waals surface area contributed by atoms with E-state index < -0.39 is 10.0 Å². The number of amides is 1. The van der Waals surface area contributed by atoms with Crippen LogP contribution in [-0.4, -0.2) is 49.9 Å². The van der Waals surface area contributed by atoms with E-state index in [0.717, 1.165) is 11.1 Å².